The molecule has 1 aromatic carbocycles. The monoisotopic (exact) mass is 600 g/mol. The second-order valence-corrected chi connectivity index (χ2v) is 12.8. The molecule has 0 aliphatic heterocycles. The average Bonchev–Trinajstić information content (AvgIpc) is 3.81. The summed E-state index contributed by atoms with van der Waals surface area (Å²) in [5, 5.41) is 4.59. The van der Waals surface area contributed by atoms with Crippen molar-refractivity contribution >= 4 is 23.3 Å². The number of carbonyl (C=O) groups excluding carboxylic acids is 2. The van der Waals surface area contributed by atoms with Gasteiger partial charge in [0.05, 0.1) is 38.1 Å². The minimum Gasteiger partial charge on any atom is -0.500 e. The summed E-state index contributed by atoms with van der Waals surface area (Å²) in [6, 6.07) is 8.89. The van der Waals surface area contributed by atoms with Gasteiger partial charge >= 0.3 is 5.97 Å². The standard InChI is InChI=1S/C36H48N4O4/c1-6-34(38-24(2)25(3)43-4)27-12-10-26(11-13-27)22-39(35(41)28-14-16-29(17-15-28)36(42)44-5)33-9-7-8-30(20-33)31-21-37-40(23-31)32-18-19-32/h6-9,20-21,23,26-29,32H,1,10-19,22H2,2-5H3/b25-24+,38-34+/t26-,27-,28-,29-. The van der Waals surface area contributed by atoms with Crippen LogP contribution < -0.4 is 4.90 Å². The Morgan fingerprint density at radius 1 is 0.955 bits per heavy atom. The summed E-state index contributed by atoms with van der Waals surface area (Å²) in [5.74, 6) is 1.38. The van der Waals surface area contributed by atoms with Gasteiger partial charge in [0.1, 0.15) is 5.76 Å². The zero-order chi connectivity index (χ0) is 31.2. The van der Waals surface area contributed by atoms with E-state index in [1.807, 2.05) is 31.0 Å². The Morgan fingerprint density at radius 2 is 1.64 bits per heavy atom. The smallest absolute Gasteiger partial charge is 0.308 e. The van der Waals surface area contributed by atoms with Crippen LogP contribution in [0.5, 0.6) is 0 Å². The molecular formula is C36H48N4O4. The van der Waals surface area contributed by atoms with Crippen LogP contribution in [0.3, 0.4) is 0 Å². The number of hydrogen-bond donors (Lipinski definition) is 0. The van der Waals surface area contributed by atoms with Crippen LogP contribution in [0.4, 0.5) is 5.69 Å². The van der Waals surface area contributed by atoms with Gasteiger partial charge in [0.2, 0.25) is 5.91 Å². The molecule has 8 nitrogen and oxygen atoms in total. The molecule has 5 rings (SSSR count). The molecule has 0 unspecified atom stereocenters. The van der Waals surface area contributed by atoms with E-state index in [1.165, 1.54) is 20.0 Å². The summed E-state index contributed by atoms with van der Waals surface area (Å²) in [5.41, 5.74) is 4.99. The van der Waals surface area contributed by atoms with Gasteiger partial charge in [-0.15, -0.1) is 0 Å². The molecule has 0 saturated heterocycles. The van der Waals surface area contributed by atoms with Crippen molar-refractivity contribution in [3.63, 3.8) is 0 Å². The Balaban J connectivity index is 1.33. The number of esters is 1. The lowest BCUT2D eigenvalue weighted by atomic mass is 9.78. The van der Waals surface area contributed by atoms with E-state index in [0.29, 0.717) is 50.1 Å². The molecule has 236 valence electrons. The lowest BCUT2D eigenvalue weighted by molar-refractivity contribution is -0.147. The van der Waals surface area contributed by atoms with Crippen LogP contribution in [-0.4, -0.2) is 48.1 Å². The Kier molecular flexibility index (Phi) is 10.4. The summed E-state index contributed by atoms with van der Waals surface area (Å²) in [7, 11) is 3.11. The molecule has 0 radical (unpaired) electrons. The second-order valence-electron chi connectivity index (χ2n) is 12.8. The molecule has 0 bridgehead atoms. The van der Waals surface area contributed by atoms with Gasteiger partial charge < -0.3 is 14.4 Å². The summed E-state index contributed by atoms with van der Waals surface area (Å²) in [4.78, 5) is 33.3. The number of hydrogen-bond acceptors (Lipinski definition) is 6. The van der Waals surface area contributed by atoms with E-state index in [9.17, 15) is 9.59 Å². The molecule has 1 aromatic heterocycles. The van der Waals surface area contributed by atoms with Gasteiger partial charge in [-0.2, -0.15) is 5.10 Å². The highest BCUT2D eigenvalue weighted by Crippen LogP contribution is 2.38. The number of rotatable bonds is 11. The summed E-state index contributed by atoms with van der Waals surface area (Å²) < 4.78 is 12.4. The predicted molar refractivity (Wildman–Crippen MR) is 174 cm³/mol. The van der Waals surface area contributed by atoms with Crippen LogP contribution in [-0.2, 0) is 19.1 Å². The van der Waals surface area contributed by atoms with E-state index in [4.69, 9.17) is 14.5 Å². The van der Waals surface area contributed by atoms with Gasteiger partial charge in [0.25, 0.3) is 0 Å². The van der Waals surface area contributed by atoms with Crippen molar-refractivity contribution in [2.75, 3.05) is 25.7 Å². The van der Waals surface area contributed by atoms with Gasteiger partial charge in [0.15, 0.2) is 0 Å². The topological polar surface area (TPSA) is 86.0 Å². The van der Waals surface area contributed by atoms with E-state index in [1.54, 1.807) is 7.11 Å². The SMILES string of the molecule is C=C/C(=N\C(C)=C(/C)OC)[C@H]1CC[C@H](CN(c2cccc(-c3cnn(C4CC4)c3)c2)C(=O)[C@H]2CC[C@H](C(=O)OC)CC2)CC1. The van der Waals surface area contributed by atoms with E-state index in [0.717, 1.165) is 59.7 Å². The first-order chi connectivity index (χ1) is 21.3. The van der Waals surface area contributed by atoms with E-state index < -0.39 is 0 Å². The summed E-state index contributed by atoms with van der Waals surface area (Å²) >= 11 is 0. The molecule has 0 spiro atoms. The molecule has 44 heavy (non-hydrogen) atoms. The highest BCUT2D eigenvalue weighted by Gasteiger charge is 2.35. The molecule has 0 atom stereocenters. The van der Waals surface area contributed by atoms with Crippen molar-refractivity contribution in [1.82, 2.24) is 9.78 Å². The third kappa shape index (κ3) is 7.51. The van der Waals surface area contributed by atoms with E-state index >= 15 is 0 Å². The zero-order valence-corrected chi connectivity index (χ0v) is 26.8. The van der Waals surface area contributed by atoms with Crippen molar-refractivity contribution in [1.29, 1.82) is 0 Å². The molecule has 2 aromatic rings. The highest BCUT2D eigenvalue weighted by atomic mass is 16.5. The maximum absolute atomic E-state index is 14.2. The molecule has 3 fully saturated rings. The minimum absolute atomic E-state index is 0.0909. The number of allylic oxidation sites excluding steroid dienone is 3. The zero-order valence-electron chi connectivity index (χ0n) is 26.8. The first-order valence-electron chi connectivity index (χ1n) is 16.3. The van der Waals surface area contributed by atoms with Crippen LogP contribution in [0.1, 0.15) is 84.1 Å². The molecule has 3 saturated carbocycles. The summed E-state index contributed by atoms with van der Waals surface area (Å²) in [6.07, 6.45) is 15.2. The van der Waals surface area contributed by atoms with Gasteiger partial charge in [-0.25, -0.2) is 0 Å². The molecule has 1 amide bonds. The molecular weight excluding hydrogens is 552 g/mol. The molecule has 3 aliphatic rings. The Morgan fingerprint density at radius 3 is 2.27 bits per heavy atom. The van der Waals surface area contributed by atoms with Crippen LogP contribution in [0, 0.1) is 23.7 Å². The van der Waals surface area contributed by atoms with Gasteiger partial charge in [-0.1, -0.05) is 18.7 Å². The van der Waals surface area contributed by atoms with E-state index in [2.05, 4.69) is 46.8 Å². The van der Waals surface area contributed by atoms with Gasteiger partial charge in [0, 0.05) is 41.5 Å². The molecule has 8 heteroatoms. The third-order valence-corrected chi connectivity index (χ3v) is 9.92. The maximum Gasteiger partial charge on any atom is 0.308 e. The minimum atomic E-state index is -0.158. The lowest BCUT2D eigenvalue weighted by Crippen LogP contribution is -2.42. The number of ether oxygens (including phenoxy) is 2. The number of anilines is 1. The Hall–Kier alpha value is -3.68. The first kappa shape index (κ1) is 31.7. The number of aromatic nitrogens is 2. The van der Waals surface area contributed by atoms with Crippen molar-refractivity contribution in [3.05, 3.63) is 60.8 Å². The number of benzene rings is 1. The van der Waals surface area contributed by atoms with E-state index in [-0.39, 0.29) is 23.7 Å². The van der Waals surface area contributed by atoms with Crippen molar-refractivity contribution < 1.29 is 19.1 Å². The fourth-order valence-corrected chi connectivity index (χ4v) is 6.79. The number of aliphatic imine (C=N–C) groups is 1. The number of amides is 1. The number of nitrogens with zero attached hydrogens (tertiary/aromatic N) is 4. The van der Waals surface area contributed by atoms with Crippen molar-refractivity contribution in [3.8, 4) is 11.1 Å². The van der Waals surface area contributed by atoms with Crippen LogP contribution in [0.2, 0.25) is 0 Å². The van der Waals surface area contributed by atoms with Crippen molar-refractivity contribution in [2.24, 2.45) is 28.7 Å². The van der Waals surface area contributed by atoms with Gasteiger partial charge in [-0.3, -0.25) is 19.3 Å². The van der Waals surface area contributed by atoms with Crippen LogP contribution >= 0.6 is 0 Å². The predicted octanol–water partition coefficient (Wildman–Crippen LogP) is 7.53. The van der Waals surface area contributed by atoms with Gasteiger partial charge in [-0.05, 0) is 108 Å². The average molecular weight is 601 g/mol. The lowest BCUT2D eigenvalue weighted by Gasteiger charge is -2.36. The largest absolute Gasteiger partial charge is 0.500 e. The molecule has 0 N–H and O–H groups in total. The Labute approximate surface area is 262 Å². The fraction of sp³-hybridized carbons (Fsp3) is 0.556. The van der Waals surface area contributed by atoms with Crippen LogP contribution in [0.25, 0.3) is 11.1 Å². The Bertz CT molecular complexity index is 1390. The van der Waals surface area contributed by atoms with Crippen LogP contribution in [0.15, 0.2) is 65.8 Å². The second kappa shape index (κ2) is 14.4. The highest BCUT2D eigenvalue weighted by molar-refractivity contribution is 5.97. The molecule has 3 aliphatic carbocycles. The third-order valence-electron chi connectivity index (χ3n) is 9.92. The number of carbonyl (C=O) groups is 2. The maximum atomic E-state index is 14.2. The first-order valence-corrected chi connectivity index (χ1v) is 16.3. The summed E-state index contributed by atoms with van der Waals surface area (Å²) in [6.45, 7) is 8.64. The quantitative estimate of drug-likeness (QED) is 0.151. The normalized spacial score (nSPS) is 24.7. The molecule has 1 heterocycles. The van der Waals surface area contributed by atoms with Crippen molar-refractivity contribution in [2.45, 2.75) is 84.1 Å². The fourth-order valence-electron chi connectivity index (χ4n) is 6.79. The number of methoxy groups -OCH3 is 2.